The van der Waals surface area contributed by atoms with E-state index >= 15 is 0 Å². The second kappa shape index (κ2) is 9.80. The number of ketones is 1. The first-order valence-electron chi connectivity index (χ1n) is 5.43. The third kappa shape index (κ3) is 8.27. The van der Waals surface area contributed by atoms with Gasteiger partial charge < -0.3 is 14.3 Å². The summed E-state index contributed by atoms with van der Waals surface area (Å²) in [5.41, 5.74) is 0. The number of aldehydes is 1. The zero-order chi connectivity index (χ0) is 11.5. The van der Waals surface area contributed by atoms with Crippen LogP contribution in [0.4, 0.5) is 0 Å². The van der Waals surface area contributed by atoms with Gasteiger partial charge in [0.15, 0.2) is 6.29 Å². The fourth-order valence-electron chi connectivity index (χ4n) is 1.03. The quantitative estimate of drug-likeness (QED) is 0.317. The molecule has 0 aliphatic rings. The standard InChI is InChI=1S/C11H20O4/c1-3-7-14-11(15-8-4-2)9-10(13)5-6-12/h6,11H,3-5,7-9H2,1-2H3. The fraction of sp³-hybridized carbons (Fsp3) is 0.818. The van der Waals surface area contributed by atoms with E-state index in [0.29, 0.717) is 19.5 Å². The molecular weight excluding hydrogens is 196 g/mol. The number of rotatable bonds is 10. The van der Waals surface area contributed by atoms with Gasteiger partial charge in [0.25, 0.3) is 0 Å². The maximum absolute atomic E-state index is 11.2. The Labute approximate surface area is 90.9 Å². The maximum Gasteiger partial charge on any atom is 0.164 e. The van der Waals surface area contributed by atoms with Crippen molar-refractivity contribution in [2.45, 2.75) is 45.8 Å². The number of Topliss-reactive ketones (excluding diaryl/α,β-unsaturated/α-hetero) is 1. The molecule has 0 amide bonds. The van der Waals surface area contributed by atoms with Gasteiger partial charge in [0.2, 0.25) is 0 Å². The summed E-state index contributed by atoms with van der Waals surface area (Å²) in [6, 6.07) is 0. The minimum atomic E-state index is -0.489. The van der Waals surface area contributed by atoms with Crippen molar-refractivity contribution < 1.29 is 19.1 Å². The fourth-order valence-corrected chi connectivity index (χ4v) is 1.03. The van der Waals surface area contributed by atoms with Gasteiger partial charge in [-0.15, -0.1) is 0 Å². The Morgan fingerprint density at radius 1 is 1.20 bits per heavy atom. The normalized spacial score (nSPS) is 10.6. The summed E-state index contributed by atoms with van der Waals surface area (Å²) >= 11 is 0. The molecule has 0 N–H and O–H groups in total. The summed E-state index contributed by atoms with van der Waals surface area (Å²) < 4.78 is 10.7. The average Bonchev–Trinajstić information content (AvgIpc) is 2.22. The van der Waals surface area contributed by atoms with Crippen LogP contribution in [-0.4, -0.2) is 31.6 Å². The minimum Gasteiger partial charge on any atom is -0.352 e. The highest BCUT2D eigenvalue weighted by Crippen LogP contribution is 2.05. The zero-order valence-corrected chi connectivity index (χ0v) is 9.53. The predicted octanol–water partition coefficient (Wildman–Crippen LogP) is 1.71. The van der Waals surface area contributed by atoms with Crippen LogP contribution in [0.5, 0.6) is 0 Å². The van der Waals surface area contributed by atoms with Gasteiger partial charge in [-0.05, 0) is 12.8 Å². The van der Waals surface area contributed by atoms with E-state index in [9.17, 15) is 9.59 Å². The molecule has 0 fully saturated rings. The van der Waals surface area contributed by atoms with E-state index in [4.69, 9.17) is 9.47 Å². The minimum absolute atomic E-state index is 0.0541. The highest BCUT2D eigenvalue weighted by molar-refractivity contribution is 5.89. The molecule has 4 heteroatoms. The predicted molar refractivity (Wildman–Crippen MR) is 56.6 cm³/mol. The second-order valence-electron chi connectivity index (χ2n) is 3.28. The molecule has 0 aliphatic heterocycles. The van der Waals surface area contributed by atoms with E-state index in [1.54, 1.807) is 0 Å². The topological polar surface area (TPSA) is 52.6 Å². The maximum atomic E-state index is 11.2. The monoisotopic (exact) mass is 216 g/mol. The van der Waals surface area contributed by atoms with Gasteiger partial charge in [0.05, 0.1) is 12.8 Å². The molecule has 0 bridgehead atoms. The number of carbonyl (C=O) groups is 2. The Kier molecular flexibility index (Phi) is 9.32. The first-order chi connectivity index (χ1) is 7.24. The lowest BCUT2D eigenvalue weighted by molar-refractivity contribution is -0.156. The van der Waals surface area contributed by atoms with Crippen LogP contribution in [-0.2, 0) is 19.1 Å². The van der Waals surface area contributed by atoms with Crippen molar-refractivity contribution in [3.05, 3.63) is 0 Å². The summed E-state index contributed by atoms with van der Waals surface area (Å²) in [5, 5.41) is 0. The van der Waals surface area contributed by atoms with Crippen molar-refractivity contribution in [3.63, 3.8) is 0 Å². The van der Waals surface area contributed by atoms with E-state index in [2.05, 4.69) is 0 Å². The summed E-state index contributed by atoms with van der Waals surface area (Å²) in [5.74, 6) is -0.137. The molecule has 0 heterocycles. The SMILES string of the molecule is CCCOC(CC(=O)CC=O)OCCC. The third-order valence-electron chi connectivity index (χ3n) is 1.72. The number of ether oxygens (including phenoxy) is 2. The van der Waals surface area contributed by atoms with Crippen LogP contribution >= 0.6 is 0 Å². The van der Waals surface area contributed by atoms with Crippen molar-refractivity contribution in [1.82, 2.24) is 0 Å². The Morgan fingerprint density at radius 3 is 2.13 bits per heavy atom. The van der Waals surface area contributed by atoms with Gasteiger partial charge in [-0.2, -0.15) is 0 Å². The first kappa shape index (κ1) is 14.3. The largest absolute Gasteiger partial charge is 0.352 e. The molecule has 0 radical (unpaired) electrons. The molecule has 0 saturated heterocycles. The van der Waals surface area contributed by atoms with Crippen LogP contribution in [0.2, 0.25) is 0 Å². The molecule has 0 aromatic carbocycles. The molecule has 0 rings (SSSR count). The van der Waals surface area contributed by atoms with E-state index in [0.717, 1.165) is 12.8 Å². The Balaban J connectivity index is 3.86. The van der Waals surface area contributed by atoms with Gasteiger partial charge in [-0.1, -0.05) is 13.8 Å². The molecule has 0 spiro atoms. The highest BCUT2D eigenvalue weighted by Gasteiger charge is 2.13. The van der Waals surface area contributed by atoms with E-state index in [1.165, 1.54) is 0 Å². The molecule has 4 nitrogen and oxygen atoms in total. The van der Waals surface area contributed by atoms with Crippen molar-refractivity contribution in [2.24, 2.45) is 0 Å². The second-order valence-corrected chi connectivity index (χ2v) is 3.28. The van der Waals surface area contributed by atoms with Gasteiger partial charge in [-0.3, -0.25) is 4.79 Å². The van der Waals surface area contributed by atoms with Crippen LogP contribution in [0.1, 0.15) is 39.5 Å². The van der Waals surface area contributed by atoms with Crippen LogP contribution in [0.25, 0.3) is 0 Å². The van der Waals surface area contributed by atoms with E-state index < -0.39 is 6.29 Å². The number of hydrogen-bond acceptors (Lipinski definition) is 4. The Hall–Kier alpha value is -0.740. The van der Waals surface area contributed by atoms with Gasteiger partial charge in [-0.25, -0.2) is 0 Å². The van der Waals surface area contributed by atoms with Crippen molar-refractivity contribution in [1.29, 1.82) is 0 Å². The number of hydrogen-bond donors (Lipinski definition) is 0. The van der Waals surface area contributed by atoms with Crippen LogP contribution in [0, 0.1) is 0 Å². The van der Waals surface area contributed by atoms with Crippen LogP contribution < -0.4 is 0 Å². The summed E-state index contributed by atoms with van der Waals surface area (Å²) in [7, 11) is 0. The molecule has 0 atom stereocenters. The van der Waals surface area contributed by atoms with Crippen LogP contribution in [0.15, 0.2) is 0 Å². The lowest BCUT2D eigenvalue weighted by Crippen LogP contribution is -2.22. The first-order valence-corrected chi connectivity index (χ1v) is 5.43. The number of carbonyl (C=O) groups excluding carboxylic acids is 2. The lowest BCUT2D eigenvalue weighted by Gasteiger charge is -2.16. The molecule has 0 unspecified atom stereocenters. The lowest BCUT2D eigenvalue weighted by atomic mass is 10.2. The van der Waals surface area contributed by atoms with Crippen molar-refractivity contribution in [3.8, 4) is 0 Å². The molecule has 0 aromatic heterocycles. The highest BCUT2D eigenvalue weighted by atomic mass is 16.7. The van der Waals surface area contributed by atoms with Gasteiger partial charge in [0, 0.05) is 13.2 Å². The molecule has 0 aliphatic carbocycles. The molecule has 88 valence electrons. The molecule has 0 saturated carbocycles. The Morgan fingerprint density at radius 2 is 1.73 bits per heavy atom. The molecule has 15 heavy (non-hydrogen) atoms. The summed E-state index contributed by atoms with van der Waals surface area (Å²) in [4.78, 5) is 21.3. The zero-order valence-electron chi connectivity index (χ0n) is 9.53. The van der Waals surface area contributed by atoms with Gasteiger partial charge in [0.1, 0.15) is 12.1 Å². The summed E-state index contributed by atoms with van der Waals surface area (Å²) in [6.07, 6.45) is 2.00. The average molecular weight is 216 g/mol. The molecule has 0 aromatic rings. The molecular formula is C11H20O4. The smallest absolute Gasteiger partial charge is 0.164 e. The van der Waals surface area contributed by atoms with E-state index in [1.807, 2.05) is 13.8 Å². The third-order valence-corrected chi connectivity index (χ3v) is 1.72. The van der Waals surface area contributed by atoms with Gasteiger partial charge >= 0.3 is 0 Å². The van der Waals surface area contributed by atoms with Crippen molar-refractivity contribution >= 4 is 12.1 Å². The summed E-state index contributed by atoms with van der Waals surface area (Å²) in [6.45, 7) is 5.12. The van der Waals surface area contributed by atoms with E-state index in [-0.39, 0.29) is 18.6 Å². The van der Waals surface area contributed by atoms with Crippen LogP contribution in [0.3, 0.4) is 0 Å². The Bertz CT molecular complexity index is 171. The van der Waals surface area contributed by atoms with Crippen molar-refractivity contribution in [2.75, 3.05) is 13.2 Å².